The zero-order valence-electron chi connectivity index (χ0n) is 20.9. The molecule has 1 aromatic carbocycles. The van der Waals surface area contributed by atoms with E-state index in [1.165, 1.54) is 0 Å². The van der Waals surface area contributed by atoms with Crippen LogP contribution in [-0.4, -0.2) is 17.9 Å². The minimum Gasteiger partial charge on any atom is -0.353 e. The summed E-state index contributed by atoms with van der Waals surface area (Å²) in [6.45, 7) is 4.28. The van der Waals surface area contributed by atoms with Gasteiger partial charge in [0.25, 0.3) is 0 Å². The molecule has 204 valence electrons. The lowest BCUT2D eigenvalue weighted by atomic mass is 9.47. The minimum absolute atomic E-state index is 0.0157. The molecule has 10 heteroatoms. The predicted octanol–water partition coefficient (Wildman–Crippen LogP) is 6.80. The second-order valence-electron chi connectivity index (χ2n) is 12.0. The van der Waals surface area contributed by atoms with E-state index in [0.717, 1.165) is 38.5 Å². The Balaban J connectivity index is 1.39. The van der Waals surface area contributed by atoms with Crippen LogP contribution in [0.4, 0.5) is 32.0 Å². The van der Waals surface area contributed by atoms with Gasteiger partial charge in [-0.1, -0.05) is 13.8 Å². The summed E-state index contributed by atoms with van der Waals surface area (Å²) in [4.78, 5) is 25.4. The molecule has 0 radical (unpaired) electrons. The van der Waals surface area contributed by atoms with E-state index in [0.29, 0.717) is 42.9 Å². The van der Waals surface area contributed by atoms with Gasteiger partial charge in [0.2, 0.25) is 11.8 Å². The lowest BCUT2D eigenvalue weighted by Crippen LogP contribution is -2.61. The Morgan fingerprint density at radius 2 is 1.62 bits per heavy atom. The van der Waals surface area contributed by atoms with Crippen molar-refractivity contribution in [2.45, 2.75) is 83.6 Å². The fourth-order valence-electron chi connectivity index (χ4n) is 8.42. The predicted molar refractivity (Wildman–Crippen MR) is 124 cm³/mol. The van der Waals surface area contributed by atoms with Gasteiger partial charge in [-0.2, -0.15) is 26.3 Å². The van der Waals surface area contributed by atoms with Gasteiger partial charge in [0.1, 0.15) is 0 Å². The highest BCUT2D eigenvalue weighted by molar-refractivity contribution is 5.94. The molecule has 0 aromatic heterocycles. The fraction of sp³-hybridized carbons (Fsp3) is 0.704. The van der Waals surface area contributed by atoms with E-state index in [1.807, 2.05) is 6.92 Å². The summed E-state index contributed by atoms with van der Waals surface area (Å²) >= 11 is 0. The third-order valence-electron chi connectivity index (χ3n) is 10.3. The molecule has 5 rings (SSSR count). The van der Waals surface area contributed by atoms with Crippen LogP contribution >= 0.6 is 0 Å². The summed E-state index contributed by atoms with van der Waals surface area (Å²) in [5.41, 5.74) is -3.83. The number of rotatable bonds is 2. The van der Waals surface area contributed by atoms with E-state index < -0.39 is 46.4 Å². The molecule has 3 unspecified atom stereocenters. The van der Waals surface area contributed by atoms with Crippen molar-refractivity contribution in [1.29, 1.82) is 0 Å². The van der Waals surface area contributed by atoms with Gasteiger partial charge in [0, 0.05) is 18.4 Å². The van der Waals surface area contributed by atoms with Crippen molar-refractivity contribution in [2.24, 2.45) is 34.5 Å². The van der Waals surface area contributed by atoms with Gasteiger partial charge in [-0.05, 0) is 91.7 Å². The second-order valence-corrected chi connectivity index (χ2v) is 12.0. The second kappa shape index (κ2) is 8.63. The fourth-order valence-corrected chi connectivity index (χ4v) is 8.42. The van der Waals surface area contributed by atoms with Crippen LogP contribution in [-0.2, 0) is 21.9 Å². The summed E-state index contributed by atoms with van der Waals surface area (Å²) in [5, 5.41) is 5.43. The Kier molecular flexibility index (Phi) is 6.15. The number of fused-ring (bicyclic) bond motifs is 5. The van der Waals surface area contributed by atoms with Crippen molar-refractivity contribution >= 4 is 17.5 Å². The van der Waals surface area contributed by atoms with Crippen LogP contribution in [0.15, 0.2) is 18.2 Å². The maximum Gasteiger partial charge on any atom is 0.418 e. The number of carbonyl (C=O) groups excluding carboxylic acids is 2. The Morgan fingerprint density at radius 1 is 0.919 bits per heavy atom. The average molecular weight is 531 g/mol. The molecule has 0 spiro atoms. The van der Waals surface area contributed by atoms with Crippen molar-refractivity contribution in [3.63, 3.8) is 0 Å². The summed E-state index contributed by atoms with van der Waals surface area (Å²) in [6, 6.07) is 1.29. The summed E-state index contributed by atoms with van der Waals surface area (Å²) < 4.78 is 80.4. The third kappa shape index (κ3) is 4.32. The summed E-state index contributed by atoms with van der Waals surface area (Å²) in [5.74, 6) is -0.170. The van der Waals surface area contributed by atoms with Crippen LogP contribution in [0.3, 0.4) is 0 Å². The van der Waals surface area contributed by atoms with Crippen LogP contribution < -0.4 is 10.6 Å². The van der Waals surface area contributed by atoms with E-state index in [1.54, 1.807) is 0 Å². The van der Waals surface area contributed by atoms with Crippen LogP contribution in [0, 0.1) is 34.5 Å². The van der Waals surface area contributed by atoms with Crippen LogP contribution in [0.25, 0.3) is 0 Å². The molecule has 4 aliphatic rings. The normalized spacial score (nSPS) is 37.7. The number of hydrogen-bond donors (Lipinski definition) is 2. The maximum atomic E-state index is 13.6. The van der Waals surface area contributed by atoms with Crippen molar-refractivity contribution in [3.05, 3.63) is 29.3 Å². The molecule has 3 saturated carbocycles. The first-order valence-corrected chi connectivity index (χ1v) is 13.0. The quantitative estimate of drug-likeness (QED) is 0.413. The molecule has 4 fully saturated rings. The number of alkyl halides is 6. The largest absolute Gasteiger partial charge is 0.418 e. The lowest BCUT2D eigenvalue weighted by molar-refractivity contribution is -0.141. The summed E-state index contributed by atoms with van der Waals surface area (Å²) in [7, 11) is 0. The molecule has 0 bridgehead atoms. The van der Waals surface area contributed by atoms with E-state index in [9.17, 15) is 35.9 Å². The standard InChI is InChI=1S/C27H32F6N2O2/c1-24-11-9-17-15(4-8-21-25(17,2)12-10-22(36)35-21)16(24)6-7-19(24)23(37)34-20-13-14(26(28,29)30)3-5-18(20)27(31,32)33/h3,5,13,15-17,19,21H,4,6-12H2,1-2H3,(H,34,37)(H,35,36)/t15?,16?,17?,19-,21-,24+,25-/m1/s1. The van der Waals surface area contributed by atoms with Crippen LogP contribution in [0.5, 0.6) is 0 Å². The van der Waals surface area contributed by atoms with Gasteiger partial charge in [-0.25, -0.2) is 0 Å². The van der Waals surface area contributed by atoms with Gasteiger partial charge >= 0.3 is 12.4 Å². The molecule has 2 amide bonds. The highest BCUT2D eigenvalue weighted by Crippen LogP contribution is 2.65. The first-order valence-electron chi connectivity index (χ1n) is 13.0. The highest BCUT2D eigenvalue weighted by atomic mass is 19.4. The SMILES string of the molecule is C[C@]12CCC3C(CC[C@H]4NC(=O)CC[C@]34C)C1CC[C@@H]2C(=O)Nc1cc(C(F)(F)F)ccc1C(F)(F)F. The van der Waals surface area contributed by atoms with E-state index in [4.69, 9.17) is 0 Å². The molecular weight excluding hydrogens is 498 g/mol. The Labute approximate surface area is 211 Å². The third-order valence-corrected chi connectivity index (χ3v) is 10.3. The van der Waals surface area contributed by atoms with E-state index >= 15 is 0 Å². The van der Waals surface area contributed by atoms with Crippen LogP contribution in [0.1, 0.15) is 76.3 Å². The first-order chi connectivity index (χ1) is 17.1. The number of amides is 2. The number of benzene rings is 1. The molecule has 1 aromatic rings. The monoisotopic (exact) mass is 530 g/mol. The van der Waals surface area contributed by atoms with Crippen molar-refractivity contribution in [3.8, 4) is 0 Å². The van der Waals surface area contributed by atoms with Gasteiger partial charge in [0.15, 0.2) is 0 Å². The molecule has 4 nitrogen and oxygen atoms in total. The van der Waals surface area contributed by atoms with Gasteiger partial charge in [-0.3, -0.25) is 9.59 Å². The number of nitrogens with one attached hydrogen (secondary N) is 2. The molecule has 7 atom stereocenters. The first kappa shape index (κ1) is 26.4. The molecule has 2 N–H and O–H groups in total. The number of halogens is 6. The summed E-state index contributed by atoms with van der Waals surface area (Å²) in [6.07, 6.45) is -3.78. The molecule has 37 heavy (non-hydrogen) atoms. The molecule has 1 heterocycles. The number of anilines is 1. The zero-order valence-corrected chi connectivity index (χ0v) is 20.9. The topological polar surface area (TPSA) is 58.2 Å². The maximum absolute atomic E-state index is 13.6. The minimum atomic E-state index is -4.91. The van der Waals surface area contributed by atoms with Crippen molar-refractivity contribution < 1.29 is 35.9 Å². The molecule has 1 aliphatic heterocycles. The zero-order chi connectivity index (χ0) is 27.0. The van der Waals surface area contributed by atoms with Crippen LogP contribution in [0.2, 0.25) is 0 Å². The van der Waals surface area contributed by atoms with Crippen molar-refractivity contribution in [2.75, 3.05) is 5.32 Å². The van der Waals surface area contributed by atoms with E-state index in [-0.39, 0.29) is 23.3 Å². The van der Waals surface area contributed by atoms with Gasteiger partial charge < -0.3 is 10.6 Å². The average Bonchev–Trinajstić information content (AvgIpc) is 3.15. The van der Waals surface area contributed by atoms with E-state index in [2.05, 4.69) is 17.6 Å². The highest BCUT2D eigenvalue weighted by Gasteiger charge is 2.61. The smallest absolute Gasteiger partial charge is 0.353 e. The van der Waals surface area contributed by atoms with Gasteiger partial charge in [0.05, 0.1) is 16.8 Å². The van der Waals surface area contributed by atoms with Crippen molar-refractivity contribution in [1.82, 2.24) is 5.32 Å². The number of piperidine rings is 1. The number of carbonyl (C=O) groups is 2. The Bertz CT molecular complexity index is 1100. The molecular formula is C27H32F6N2O2. The number of hydrogen-bond acceptors (Lipinski definition) is 2. The van der Waals surface area contributed by atoms with Gasteiger partial charge in [-0.15, -0.1) is 0 Å². The Morgan fingerprint density at radius 3 is 2.30 bits per heavy atom. The molecule has 3 aliphatic carbocycles. The molecule has 1 saturated heterocycles. The Hall–Kier alpha value is -2.26. The lowest BCUT2D eigenvalue weighted by Gasteiger charge is -2.60.